The topological polar surface area (TPSA) is 160 Å². The molecule has 0 radical (unpaired) electrons. The minimum absolute atomic E-state index is 0.0988. The molecule has 4 heterocycles. The van der Waals surface area contributed by atoms with Crippen LogP contribution in [0.1, 0.15) is 65.6 Å². The molecule has 1 aromatic carbocycles. The molecule has 3 aromatic rings. The van der Waals surface area contributed by atoms with E-state index in [-0.39, 0.29) is 55.6 Å². The zero-order chi connectivity index (χ0) is 31.7. The SMILES string of the molecule is COc1nc2c(cc1C(=O)N1C[C@@H]3C[C@H]1C(=O)N[C@@H](C(C)C)C(=O)N[C@H](Cc1ccccc1)C(=O)NCc1cn3nn1)CCC2. The lowest BCUT2D eigenvalue weighted by Gasteiger charge is -2.29. The molecule has 4 amide bonds. The Morgan fingerprint density at radius 1 is 1.07 bits per heavy atom. The Bertz CT molecular complexity index is 1610. The van der Waals surface area contributed by atoms with Gasteiger partial charge in [-0.1, -0.05) is 49.4 Å². The number of pyridine rings is 1. The number of nitrogens with one attached hydrogen (secondary N) is 3. The molecule has 3 N–H and O–H groups in total. The lowest BCUT2D eigenvalue weighted by atomic mass is 10.00. The molecule has 6 rings (SSSR count). The van der Waals surface area contributed by atoms with Gasteiger partial charge in [-0.15, -0.1) is 5.10 Å². The molecule has 1 fully saturated rings. The van der Waals surface area contributed by atoms with Crippen molar-refractivity contribution in [2.75, 3.05) is 13.7 Å². The van der Waals surface area contributed by atoms with E-state index in [1.165, 1.54) is 12.0 Å². The summed E-state index contributed by atoms with van der Waals surface area (Å²) in [5, 5.41) is 17.2. The van der Waals surface area contributed by atoms with E-state index >= 15 is 0 Å². The van der Waals surface area contributed by atoms with Gasteiger partial charge < -0.3 is 25.6 Å². The molecular formula is C32H38N8O5. The summed E-state index contributed by atoms with van der Waals surface area (Å²) in [5.74, 6) is -1.77. The van der Waals surface area contributed by atoms with E-state index in [2.05, 4.69) is 31.2 Å². The smallest absolute Gasteiger partial charge is 0.260 e. The number of fused-ring (bicyclic) bond motifs is 6. The predicted molar refractivity (Wildman–Crippen MR) is 162 cm³/mol. The van der Waals surface area contributed by atoms with Crippen molar-refractivity contribution in [3.05, 3.63) is 70.7 Å². The zero-order valence-corrected chi connectivity index (χ0v) is 25.7. The third kappa shape index (κ3) is 6.24. The van der Waals surface area contributed by atoms with Gasteiger partial charge in [-0.25, -0.2) is 9.67 Å². The summed E-state index contributed by atoms with van der Waals surface area (Å²) in [6.07, 6.45) is 4.85. The van der Waals surface area contributed by atoms with Crippen LogP contribution >= 0.6 is 0 Å². The third-order valence-corrected chi connectivity index (χ3v) is 8.82. The van der Waals surface area contributed by atoms with E-state index in [0.717, 1.165) is 36.1 Å². The van der Waals surface area contributed by atoms with Crippen molar-refractivity contribution in [1.82, 2.24) is 40.8 Å². The first kappa shape index (κ1) is 30.2. The monoisotopic (exact) mass is 614 g/mol. The van der Waals surface area contributed by atoms with Gasteiger partial charge in [0.1, 0.15) is 29.4 Å². The van der Waals surface area contributed by atoms with Gasteiger partial charge in [0.25, 0.3) is 5.91 Å². The summed E-state index contributed by atoms with van der Waals surface area (Å²) in [6, 6.07) is 8.12. The number of amides is 4. The molecule has 4 bridgehead atoms. The number of hydrogen-bond donors (Lipinski definition) is 3. The van der Waals surface area contributed by atoms with Crippen molar-refractivity contribution < 1.29 is 23.9 Å². The summed E-state index contributed by atoms with van der Waals surface area (Å²) in [6.45, 7) is 3.93. The molecule has 0 spiro atoms. The minimum Gasteiger partial charge on any atom is -0.480 e. The highest BCUT2D eigenvalue weighted by atomic mass is 16.5. The minimum atomic E-state index is -0.946. The highest BCUT2D eigenvalue weighted by Gasteiger charge is 2.44. The maximum atomic E-state index is 14.2. The number of aromatic nitrogens is 4. The van der Waals surface area contributed by atoms with Gasteiger partial charge in [0, 0.05) is 25.1 Å². The lowest BCUT2D eigenvalue weighted by Crippen LogP contribution is -2.58. The zero-order valence-electron chi connectivity index (χ0n) is 25.7. The summed E-state index contributed by atoms with van der Waals surface area (Å²) < 4.78 is 7.16. The number of methoxy groups -OCH3 is 1. The summed E-state index contributed by atoms with van der Waals surface area (Å²) >= 11 is 0. The Morgan fingerprint density at radius 2 is 1.87 bits per heavy atom. The van der Waals surface area contributed by atoms with Crippen LogP contribution in [0.25, 0.3) is 0 Å². The van der Waals surface area contributed by atoms with Crippen molar-refractivity contribution in [3.63, 3.8) is 0 Å². The molecule has 45 heavy (non-hydrogen) atoms. The molecule has 4 atom stereocenters. The number of ether oxygens (including phenoxy) is 1. The maximum Gasteiger partial charge on any atom is 0.260 e. The van der Waals surface area contributed by atoms with Gasteiger partial charge in [0.05, 0.1) is 25.9 Å². The number of hydrogen-bond acceptors (Lipinski definition) is 8. The molecule has 0 unspecified atom stereocenters. The molecule has 1 aliphatic carbocycles. The average Bonchev–Trinajstić information content (AvgIpc) is 3.80. The number of nitrogens with zero attached hydrogens (tertiary/aromatic N) is 5. The first-order valence-corrected chi connectivity index (χ1v) is 15.4. The van der Waals surface area contributed by atoms with Crippen LogP contribution < -0.4 is 20.7 Å². The van der Waals surface area contributed by atoms with Gasteiger partial charge >= 0.3 is 0 Å². The number of rotatable bonds is 5. The number of aryl methyl sites for hydroxylation is 2. The second-order valence-electron chi connectivity index (χ2n) is 12.3. The number of carbonyl (C=O) groups is 4. The van der Waals surface area contributed by atoms with Crippen LogP contribution in [0.5, 0.6) is 5.88 Å². The van der Waals surface area contributed by atoms with Gasteiger partial charge in [0.15, 0.2) is 0 Å². The maximum absolute atomic E-state index is 14.2. The van der Waals surface area contributed by atoms with Crippen LogP contribution in [-0.4, -0.2) is 80.3 Å². The van der Waals surface area contributed by atoms with Gasteiger partial charge in [0.2, 0.25) is 23.6 Å². The molecule has 1 saturated heterocycles. The standard InChI is InChI=1S/C32H38N8O5/c1-18(2)27-30(43)34-25(12-19-8-5-4-6-9-19)28(41)33-15-21-16-40(38-37-21)22-14-26(29(42)36-27)39(17-22)32(44)23-13-20-10-7-11-24(20)35-31(23)45-3/h4-6,8-9,13,16,18,22,25-27H,7,10-12,14-15,17H2,1-3H3,(H,33,41)(H,34,43)(H,36,42)/t22-,25+,26-,27-/m0/s1. The Kier molecular flexibility index (Phi) is 8.50. The van der Waals surface area contributed by atoms with Gasteiger partial charge in [-0.05, 0) is 42.4 Å². The second-order valence-corrected chi connectivity index (χ2v) is 12.3. The number of likely N-dealkylation sites (tertiary alicyclic amines) is 1. The fourth-order valence-corrected chi connectivity index (χ4v) is 6.37. The van der Waals surface area contributed by atoms with E-state index < -0.39 is 29.9 Å². The molecule has 13 nitrogen and oxygen atoms in total. The van der Waals surface area contributed by atoms with E-state index in [0.29, 0.717) is 11.3 Å². The van der Waals surface area contributed by atoms with Crippen LogP contribution in [0.4, 0.5) is 0 Å². The lowest BCUT2D eigenvalue weighted by molar-refractivity contribution is -0.134. The van der Waals surface area contributed by atoms with Crippen LogP contribution in [0.15, 0.2) is 42.6 Å². The molecule has 13 heteroatoms. The fraction of sp³-hybridized carbons (Fsp3) is 0.469. The molecule has 236 valence electrons. The highest BCUT2D eigenvalue weighted by molar-refractivity contribution is 6.01. The normalized spacial score (nSPS) is 23.5. The molecule has 2 aromatic heterocycles. The van der Waals surface area contributed by atoms with Gasteiger partial charge in [-0.2, -0.15) is 0 Å². The quantitative estimate of drug-likeness (QED) is 0.386. The van der Waals surface area contributed by atoms with E-state index in [9.17, 15) is 19.2 Å². The average molecular weight is 615 g/mol. The van der Waals surface area contributed by atoms with E-state index in [1.807, 2.05) is 50.2 Å². The molecule has 2 aliphatic heterocycles. The Hall–Kier alpha value is -4.81. The van der Waals surface area contributed by atoms with Crippen LogP contribution in [0.3, 0.4) is 0 Å². The Labute approximate surface area is 261 Å². The van der Waals surface area contributed by atoms with E-state index in [4.69, 9.17) is 4.74 Å². The Balaban J connectivity index is 1.33. The Morgan fingerprint density at radius 3 is 2.62 bits per heavy atom. The van der Waals surface area contributed by atoms with Crippen LogP contribution in [-0.2, 0) is 40.2 Å². The fourth-order valence-electron chi connectivity index (χ4n) is 6.37. The summed E-state index contributed by atoms with van der Waals surface area (Å²) in [7, 11) is 1.48. The molecule has 0 saturated carbocycles. The van der Waals surface area contributed by atoms with Crippen LogP contribution in [0, 0.1) is 5.92 Å². The summed E-state index contributed by atoms with van der Waals surface area (Å²) in [4.78, 5) is 61.3. The van der Waals surface area contributed by atoms with Gasteiger partial charge in [-0.3, -0.25) is 19.2 Å². The van der Waals surface area contributed by atoms with Crippen molar-refractivity contribution in [3.8, 4) is 5.88 Å². The van der Waals surface area contributed by atoms with E-state index in [1.54, 1.807) is 10.9 Å². The highest BCUT2D eigenvalue weighted by Crippen LogP contribution is 2.33. The number of carbonyl (C=O) groups excluding carboxylic acids is 4. The second kappa shape index (κ2) is 12.7. The largest absolute Gasteiger partial charge is 0.480 e. The predicted octanol–water partition coefficient (Wildman–Crippen LogP) is 1.12. The molecular weight excluding hydrogens is 576 g/mol. The first-order chi connectivity index (χ1) is 21.7. The first-order valence-electron chi connectivity index (χ1n) is 15.4. The van der Waals surface area contributed by atoms with Crippen LogP contribution in [0.2, 0.25) is 0 Å². The third-order valence-electron chi connectivity index (χ3n) is 8.82. The summed E-state index contributed by atoms with van der Waals surface area (Å²) in [5.41, 5.74) is 3.62. The molecule has 3 aliphatic rings. The number of benzene rings is 1. The van der Waals surface area contributed by atoms with Crippen molar-refractivity contribution in [2.24, 2.45) is 5.92 Å². The van der Waals surface area contributed by atoms with Crippen molar-refractivity contribution in [1.29, 1.82) is 0 Å². The van der Waals surface area contributed by atoms with Crippen molar-refractivity contribution in [2.45, 2.75) is 76.7 Å². The van der Waals surface area contributed by atoms with Crippen molar-refractivity contribution >= 4 is 23.6 Å².